The van der Waals surface area contributed by atoms with Crippen molar-refractivity contribution in [1.82, 2.24) is 25.1 Å². The van der Waals surface area contributed by atoms with Gasteiger partial charge in [-0.25, -0.2) is 17.6 Å². The Morgan fingerprint density at radius 2 is 1.80 bits per heavy atom. The molecule has 2 aliphatic carbocycles. The summed E-state index contributed by atoms with van der Waals surface area (Å²) in [6.45, 7) is -0.762. The third-order valence-electron chi connectivity index (χ3n) is 8.28. The summed E-state index contributed by atoms with van der Waals surface area (Å²) in [5.74, 6) is -7.62. The van der Waals surface area contributed by atoms with Crippen LogP contribution in [-0.4, -0.2) is 25.7 Å². The first-order valence-electron chi connectivity index (χ1n) is 13.9. The van der Waals surface area contributed by atoms with Crippen LogP contribution in [0, 0.1) is 17.6 Å². The van der Waals surface area contributed by atoms with Crippen LogP contribution in [-0.2, 0) is 23.7 Å². The van der Waals surface area contributed by atoms with E-state index in [0.717, 1.165) is 34.5 Å². The van der Waals surface area contributed by atoms with Gasteiger partial charge in [0.2, 0.25) is 5.91 Å². The summed E-state index contributed by atoms with van der Waals surface area (Å²) in [5, 5.41) is 8.26. The summed E-state index contributed by atoms with van der Waals surface area (Å²) in [5.41, 5.74) is 0.319. The maximum atomic E-state index is 15.1. The SMILES string of the molecule is O=C(Cn1nc(C(F)F)c2c1C(F)(F)C1CC21)NC(Cc1cc(F)cc(F)c1)c1ncccc1-c1ccc2ccncc2c1. The Bertz CT molecular complexity index is 1900. The number of rotatable bonds is 8. The molecule has 1 amide bonds. The first kappa shape index (κ1) is 28.1. The maximum absolute atomic E-state index is 15.1. The summed E-state index contributed by atoms with van der Waals surface area (Å²) >= 11 is 0. The molecule has 0 radical (unpaired) electrons. The minimum atomic E-state index is -3.39. The van der Waals surface area contributed by atoms with Crippen LogP contribution in [0.25, 0.3) is 21.9 Å². The van der Waals surface area contributed by atoms with Crippen molar-refractivity contribution in [2.24, 2.45) is 5.92 Å². The number of hydrogen-bond donors (Lipinski definition) is 1. The summed E-state index contributed by atoms with van der Waals surface area (Å²) in [6, 6.07) is 12.9. The molecule has 12 heteroatoms. The Morgan fingerprint density at radius 1 is 1.00 bits per heavy atom. The van der Waals surface area contributed by atoms with Crippen molar-refractivity contribution in [2.45, 2.75) is 43.7 Å². The van der Waals surface area contributed by atoms with Gasteiger partial charge in [0.05, 0.1) is 11.7 Å². The van der Waals surface area contributed by atoms with Crippen molar-refractivity contribution in [3.8, 4) is 11.1 Å². The standard InChI is InChI=1S/C32H23F6N5O/c33-20-8-16(9-21(34)12-20)10-25(28-22(2-1-6-40-28)18-4-3-17-5-7-39-14-19(17)11-18)41-26(44)15-43-30-27(29(42-43)31(35)36)23-13-24(23)32(30,37)38/h1-9,11-12,14,23-25,31H,10,13,15H2,(H,41,44). The van der Waals surface area contributed by atoms with E-state index in [1.165, 1.54) is 6.20 Å². The number of halogens is 6. The highest BCUT2D eigenvalue weighted by Crippen LogP contribution is 2.68. The van der Waals surface area contributed by atoms with Crippen LogP contribution in [0.5, 0.6) is 0 Å². The summed E-state index contributed by atoms with van der Waals surface area (Å²) in [7, 11) is 0. The molecule has 2 aromatic carbocycles. The molecule has 0 bridgehead atoms. The number of fused-ring (bicyclic) bond motifs is 4. The van der Waals surface area contributed by atoms with E-state index in [1.807, 2.05) is 24.3 Å². The number of carbonyl (C=O) groups is 1. The number of hydrogen-bond acceptors (Lipinski definition) is 4. The molecule has 0 aliphatic heterocycles. The molecule has 3 unspecified atom stereocenters. The van der Waals surface area contributed by atoms with Gasteiger partial charge in [-0.1, -0.05) is 18.2 Å². The number of amides is 1. The van der Waals surface area contributed by atoms with E-state index in [1.54, 1.807) is 24.5 Å². The molecule has 1 fully saturated rings. The fourth-order valence-corrected chi connectivity index (χ4v) is 6.33. The zero-order valence-corrected chi connectivity index (χ0v) is 22.8. The quantitative estimate of drug-likeness (QED) is 0.193. The van der Waals surface area contributed by atoms with Crippen LogP contribution in [0.1, 0.15) is 53.0 Å². The van der Waals surface area contributed by atoms with Gasteiger partial charge in [0.25, 0.3) is 12.3 Å². The minimum Gasteiger partial charge on any atom is -0.346 e. The lowest BCUT2D eigenvalue weighted by atomic mass is 9.94. The first-order valence-corrected chi connectivity index (χ1v) is 13.9. The van der Waals surface area contributed by atoms with E-state index < -0.39 is 65.7 Å². The topological polar surface area (TPSA) is 72.7 Å². The van der Waals surface area contributed by atoms with Gasteiger partial charge < -0.3 is 5.32 Å². The predicted octanol–water partition coefficient (Wildman–Crippen LogP) is 7.02. The molecule has 3 atom stereocenters. The number of nitrogens with zero attached hydrogens (tertiary/aromatic N) is 4. The summed E-state index contributed by atoms with van der Waals surface area (Å²) in [6.07, 6.45) is 1.76. The molecule has 3 heterocycles. The average Bonchev–Trinajstić information content (AvgIpc) is 3.64. The van der Waals surface area contributed by atoms with Crippen LogP contribution in [0.15, 0.2) is 73.2 Å². The molecule has 1 saturated carbocycles. The molecule has 44 heavy (non-hydrogen) atoms. The highest BCUT2D eigenvalue weighted by molar-refractivity contribution is 5.87. The Morgan fingerprint density at radius 3 is 2.57 bits per heavy atom. The third-order valence-corrected chi connectivity index (χ3v) is 8.28. The molecular formula is C32H23F6N5O. The van der Waals surface area contributed by atoms with E-state index in [4.69, 9.17) is 0 Å². The number of alkyl halides is 4. The number of nitrogens with one attached hydrogen (secondary N) is 1. The summed E-state index contributed by atoms with van der Waals surface area (Å²) < 4.78 is 86.6. The average molecular weight is 608 g/mol. The van der Waals surface area contributed by atoms with Crippen LogP contribution < -0.4 is 5.32 Å². The third kappa shape index (κ3) is 4.87. The molecule has 6 nitrogen and oxygen atoms in total. The maximum Gasteiger partial charge on any atom is 0.293 e. The van der Waals surface area contributed by atoms with E-state index in [0.29, 0.717) is 15.9 Å². The lowest BCUT2D eigenvalue weighted by Gasteiger charge is -2.22. The van der Waals surface area contributed by atoms with Gasteiger partial charge in [0, 0.05) is 47.1 Å². The van der Waals surface area contributed by atoms with Crippen molar-refractivity contribution in [2.75, 3.05) is 0 Å². The fraction of sp³-hybridized carbons (Fsp3) is 0.250. The molecule has 0 spiro atoms. The van der Waals surface area contributed by atoms with Gasteiger partial charge in [-0.15, -0.1) is 0 Å². The normalized spacial score (nSPS) is 18.7. The molecule has 0 saturated heterocycles. The molecule has 2 aliphatic rings. The molecular weight excluding hydrogens is 584 g/mol. The molecule has 5 aromatic rings. The van der Waals surface area contributed by atoms with Crippen molar-refractivity contribution < 1.29 is 31.1 Å². The Labute approximate surface area is 246 Å². The Kier molecular flexibility index (Phi) is 6.67. The van der Waals surface area contributed by atoms with Gasteiger partial charge >= 0.3 is 0 Å². The highest BCUT2D eigenvalue weighted by Gasteiger charge is 2.67. The second-order valence-electron chi connectivity index (χ2n) is 11.2. The van der Waals surface area contributed by atoms with Gasteiger partial charge in [0.15, 0.2) is 0 Å². The zero-order chi connectivity index (χ0) is 30.7. The second kappa shape index (κ2) is 10.5. The second-order valence-corrected chi connectivity index (χ2v) is 11.2. The largest absolute Gasteiger partial charge is 0.346 e. The molecule has 224 valence electrons. The lowest BCUT2D eigenvalue weighted by Crippen LogP contribution is -2.35. The highest BCUT2D eigenvalue weighted by atomic mass is 19.3. The van der Waals surface area contributed by atoms with Crippen molar-refractivity contribution >= 4 is 16.7 Å². The Hall–Kier alpha value is -4.74. The fourth-order valence-electron chi connectivity index (χ4n) is 6.33. The predicted molar refractivity (Wildman–Crippen MR) is 148 cm³/mol. The summed E-state index contributed by atoms with van der Waals surface area (Å²) in [4.78, 5) is 22.1. The number of carbonyl (C=O) groups excluding carboxylic acids is 1. The molecule has 7 rings (SSSR count). The number of aromatic nitrogens is 4. The van der Waals surface area contributed by atoms with Crippen LogP contribution >= 0.6 is 0 Å². The van der Waals surface area contributed by atoms with E-state index in [2.05, 4.69) is 20.4 Å². The van der Waals surface area contributed by atoms with Crippen LogP contribution in [0.3, 0.4) is 0 Å². The number of pyridine rings is 2. The zero-order valence-electron chi connectivity index (χ0n) is 22.8. The van der Waals surface area contributed by atoms with E-state index >= 15 is 8.78 Å². The molecule has 1 N–H and O–H groups in total. The van der Waals surface area contributed by atoms with Gasteiger partial charge in [0.1, 0.15) is 29.6 Å². The van der Waals surface area contributed by atoms with Crippen molar-refractivity contribution in [1.29, 1.82) is 0 Å². The van der Waals surface area contributed by atoms with Gasteiger partial charge in [-0.05, 0) is 65.6 Å². The van der Waals surface area contributed by atoms with Gasteiger partial charge in [-0.3, -0.25) is 19.4 Å². The van der Waals surface area contributed by atoms with Crippen LogP contribution in [0.2, 0.25) is 0 Å². The Balaban J connectivity index is 1.25. The smallest absolute Gasteiger partial charge is 0.293 e. The van der Waals surface area contributed by atoms with Crippen molar-refractivity contribution in [3.63, 3.8) is 0 Å². The van der Waals surface area contributed by atoms with E-state index in [-0.39, 0.29) is 24.0 Å². The van der Waals surface area contributed by atoms with Crippen molar-refractivity contribution in [3.05, 3.63) is 113 Å². The van der Waals surface area contributed by atoms with E-state index in [9.17, 15) is 22.4 Å². The lowest BCUT2D eigenvalue weighted by molar-refractivity contribution is -0.123. The monoisotopic (exact) mass is 607 g/mol. The first-order chi connectivity index (χ1) is 21.1. The minimum absolute atomic E-state index is 0.0944. The van der Waals surface area contributed by atoms with Gasteiger partial charge in [-0.2, -0.15) is 13.9 Å². The molecule has 3 aromatic heterocycles. The van der Waals surface area contributed by atoms with Crippen LogP contribution in [0.4, 0.5) is 26.3 Å². The number of benzene rings is 2.